The van der Waals surface area contributed by atoms with Crippen molar-refractivity contribution in [3.63, 3.8) is 0 Å². The van der Waals surface area contributed by atoms with Crippen LogP contribution in [-0.2, 0) is 0 Å². The maximum atomic E-state index is 3.67. The minimum atomic E-state index is 0.683. The van der Waals surface area contributed by atoms with Crippen molar-refractivity contribution in [2.24, 2.45) is 0 Å². The van der Waals surface area contributed by atoms with E-state index in [1.165, 1.54) is 36.1 Å². The SMILES string of the molecule is CSCCC(CNC1CC1)c1cccc(C)c1. The largest absolute Gasteiger partial charge is 0.313 e. The Bertz CT molecular complexity index is 347. The van der Waals surface area contributed by atoms with Crippen LogP contribution in [0.4, 0.5) is 0 Å². The van der Waals surface area contributed by atoms with Crippen LogP contribution in [-0.4, -0.2) is 24.6 Å². The molecule has 1 fully saturated rings. The van der Waals surface area contributed by atoms with E-state index >= 15 is 0 Å². The molecule has 0 spiro atoms. The van der Waals surface area contributed by atoms with Gasteiger partial charge in [-0.1, -0.05) is 29.8 Å². The number of aryl methyl sites for hydroxylation is 1. The van der Waals surface area contributed by atoms with Crippen molar-refractivity contribution >= 4 is 11.8 Å². The second-order valence-corrected chi connectivity index (χ2v) is 6.06. The predicted octanol–water partition coefficient (Wildman–Crippen LogP) is 3.58. The van der Waals surface area contributed by atoms with E-state index in [4.69, 9.17) is 0 Å². The van der Waals surface area contributed by atoms with Gasteiger partial charge in [0.2, 0.25) is 0 Å². The number of hydrogen-bond donors (Lipinski definition) is 1. The van der Waals surface area contributed by atoms with Gasteiger partial charge in [0, 0.05) is 12.6 Å². The molecule has 0 amide bonds. The highest BCUT2D eigenvalue weighted by molar-refractivity contribution is 7.98. The van der Waals surface area contributed by atoms with Gasteiger partial charge >= 0.3 is 0 Å². The van der Waals surface area contributed by atoms with Gasteiger partial charge in [0.1, 0.15) is 0 Å². The molecule has 2 rings (SSSR count). The Morgan fingerprint density at radius 1 is 1.41 bits per heavy atom. The van der Waals surface area contributed by atoms with Gasteiger partial charge < -0.3 is 5.32 Å². The van der Waals surface area contributed by atoms with E-state index in [1.54, 1.807) is 0 Å². The third-order valence-electron chi connectivity index (χ3n) is 3.41. The lowest BCUT2D eigenvalue weighted by Gasteiger charge is -2.18. The fourth-order valence-corrected chi connectivity index (χ4v) is 2.69. The van der Waals surface area contributed by atoms with E-state index in [9.17, 15) is 0 Å². The van der Waals surface area contributed by atoms with Gasteiger partial charge in [-0.2, -0.15) is 11.8 Å². The molecular formula is C15H23NS. The number of nitrogens with one attached hydrogen (secondary N) is 1. The first-order valence-corrected chi connectivity index (χ1v) is 7.98. The van der Waals surface area contributed by atoms with Crippen LogP contribution in [0.1, 0.15) is 36.3 Å². The highest BCUT2D eigenvalue weighted by Gasteiger charge is 2.22. The lowest BCUT2D eigenvalue weighted by atomic mass is 9.95. The van der Waals surface area contributed by atoms with E-state index in [0.29, 0.717) is 5.92 Å². The first kappa shape index (κ1) is 13.0. The average Bonchev–Trinajstić information content (AvgIpc) is 3.13. The number of hydrogen-bond acceptors (Lipinski definition) is 2. The van der Waals surface area contributed by atoms with Crippen molar-refractivity contribution in [3.05, 3.63) is 35.4 Å². The molecule has 1 aromatic carbocycles. The maximum Gasteiger partial charge on any atom is 0.00684 e. The lowest BCUT2D eigenvalue weighted by Crippen LogP contribution is -2.24. The van der Waals surface area contributed by atoms with E-state index < -0.39 is 0 Å². The Labute approximate surface area is 109 Å². The second-order valence-electron chi connectivity index (χ2n) is 5.08. The van der Waals surface area contributed by atoms with Crippen molar-refractivity contribution in [2.45, 2.75) is 38.1 Å². The van der Waals surface area contributed by atoms with Gasteiger partial charge in [0.15, 0.2) is 0 Å². The van der Waals surface area contributed by atoms with Crippen LogP contribution in [0, 0.1) is 6.92 Å². The highest BCUT2D eigenvalue weighted by atomic mass is 32.2. The maximum absolute atomic E-state index is 3.67. The summed E-state index contributed by atoms with van der Waals surface area (Å²) in [5.74, 6) is 1.94. The summed E-state index contributed by atoms with van der Waals surface area (Å²) in [6.45, 7) is 3.33. The minimum Gasteiger partial charge on any atom is -0.313 e. The Morgan fingerprint density at radius 2 is 2.24 bits per heavy atom. The smallest absolute Gasteiger partial charge is 0.00684 e. The van der Waals surface area contributed by atoms with E-state index in [0.717, 1.165) is 12.6 Å². The summed E-state index contributed by atoms with van der Waals surface area (Å²) in [4.78, 5) is 0. The molecule has 1 saturated carbocycles. The Kier molecular flexibility index (Phi) is 4.93. The normalized spacial score (nSPS) is 17.1. The minimum absolute atomic E-state index is 0.683. The third-order valence-corrected chi connectivity index (χ3v) is 4.06. The zero-order valence-corrected chi connectivity index (χ0v) is 11.7. The topological polar surface area (TPSA) is 12.0 Å². The number of benzene rings is 1. The fraction of sp³-hybridized carbons (Fsp3) is 0.600. The van der Waals surface area contributed by atoms with Crippen molar-refractivity contribution in [3.8, 4) is 0 Å². The molecular weight excluding hydrogens is 226 g/mol. The summed E-state index contributed by atoms with van der Waals surface area (Å²) < 4.78 is 0. The third kappa shape index (κ3) is 4.36. The summed E-state index contributed by atoms with van der Waals surface area (Å²) in [6.07, 6.45) is 6.23. The second kappa shape index (κ2) is 6.46. The molecule has 0 radical (unpaired) electrons. The van der Waals surface area contributed by atoms with Crippen molar-refractivity contribution in [2.75, 3.05) is 18.6 Å². The van der Waals surface area contributed by atoms with Crippen molar-refractivity contribution < 1.29 is 0 Å². The van der Waals surface area contributed by atoms with Crippen LogP contribution in [0.3, 0.4) is 0 Å². The highest BCUT2D eigenvalue weighted by Crippen LogP contribution is 2.24. The van der Waals surface area contributed by atoms with Crippen LogP contribution in [0.5, 0.6) is 0 Å². The molecule has 0 aliphatic heterocycles. The van der Waals surface area contributed by atoms with E-state index in [-0.39, 0.29) is 0 Å². The molecule has 0 aromatic heterocycles. The molecule has 1 aliphatic rings. The zero-order chi connectivity index (χ0) is 12.1. The average molecular weight is 249 g/mol. The van der Waals surface area contributed by atoms with Crippen LogP contribution in [0.2, 0.25) is 0 Å². The standard InChI is InChI=1S/C15H23NS/c1-12-4-3-5-13(10-12)14(8-9-17-2)11-16-15-6-7-15/h3-5,10,14-16H,6-9,11H2,1-2H3. The monoisotopic (exact) mass is 249 g/mol. The Morgan fingerprint density at radius 3 is 2.88 bits per heavy atom. The van der Waals surface area contributed by atoms with E-state index in [2.05, 4.69) is 42.8 Å². The Balaban J connectivity index is 1.96. The molecule has 2 heteroatoms. The first-order chi connectivity index (χ1) is 8.29. The van der Waals surface area contributed by atoms with Crippen LogP contribution >= 0.6 is 11.8 Å². The van der Waals surface area contributed by atoms with Crippen LogP contribution < -0.4 is 5.32 Å². The lowest BCUT2D eigenvalue weighted by molar-refractivity contribution is 0.570. The molecule has 1 aliphatic carbocycles. The van der Waals surface area contributed by atoms with Crippen LogP contribution in [0.25, 0.3) is 0 Å². The van der Waals surface area contributed by atoms with Gasteiger partial charge in [-0.25, -0.2) is 0 Å². The summed E-state index contributed by atoms with van der Waals surface area (Å²) in [5.41, 5.74) is 2.88. The van der Waals surface area contributed by atoms with Gasteiger partial charge in [-0.15, -0.1) is 0 Å². The number of rotatable bonds is 7. The number of thioether (sulfide) groups is 1. The molecule has 1 nitrogen and oxygen atoms in total. The van der Waals surface area contributed by atoms with Gasteiger partial charge in [-0.05, 0) is 49.7 Å². The quantitative estimate of drug-likeness (QED) is 0.792. The molecule has 0 heterocycles. The van der Waals surface area contributed by atoms with Crippen molar-refractivity contribution in [1.29, 1.82) is 0 Å². The summed E-state index contributed by atoms with van der Waals surface area (Å²) in [6, 6.07) is 9.82. The summed E-state index contributed by atoms with van der Waals surface area (Å²) in [5, 5.41) is 3.67. The van der Waals surface area contributed by atoms with Crippen molar-refractivity contribution in [1.82, 2.24) is 5.32 Å². The molecule has 1 atom stereocenters. The molecule has 94 valence electrons. The van der Waals surface area contributed by atoms with Gasteiger partial charge in [-0.3, -0.25) is 0 Å². The summed E-state index contributed by atoms with van der Waals surface area (Å²) >= 11 is 1.95. The fourth-order valence-electron chi connectivity index (χ4n) is 2.17. The first-order valence-electron chi connectivity index (χ1n) is 6.58. The van der Waals surface area contributed by atoms with Crippen LogP contribution in [0.15, 0.2) is 24.3 Å². The Hall–Kier alpha value is -0.470. The zero-order valence-electron chi connectivity index (χ0n) is 10.9. The molecule has 1 aromatic rings. The summed E-state index contributed by atoms with van der Waals surface area (Å²) in [7, 11) is 0. The predicted molar refractivity (Wildman–Crippen MR) is 77.9 cm³/mol. The van der Waals surface area contributed by atoms with Gasteiger partial charge in [0.25, 0.3) is 0 Å². The van der Waals surface area contributed by atoms with E-state index in [1.807, 2.05) is 11.8 Å². The molecule has 0 saturated heterocycles. The molecule has 17 heavy (non-hydrogen) atoms. The molecule has 0 bridgehead atoms. The molecule has 1 unspecified atom stereocenters. The van der Waals surface area contributed by atoms with Gasteiger partial charge in [0.05, 0.1) is 0 Å². The molecule has 1 N–H and O–H groups in total.